The van der Waals surface area contributed by atoms with Crippen LogP contribution in [0.5, 0.6) is 0 Å². The molecule has 1 unspecified atom stereocenters. The third-order valence-corrected chi connectivity index (χ3v) is 2.10. The summed E-state index contributed by atoms with van der Waals surface area (Å²) in [5, 5.41) is -0.349. The van der Waals surface area contributed by atoms with E-state index < -0.39 is 24.3 Å². The number of nitrogens with two attached hydrogens (primary N) is 1. The summed E-state index contributed by atoms with van der Waals surface area (Å²) in [4.78, 5) is 0. The summed E-state index contributed by atoms with van der Waals surface area (Å²) >= 11 is 5.40. The Morgan fingerprint density at radius 3 is 2.43 bits per heavy atom. The van der Waals surface area contributed by atoms with E-state index in [9.17, 15) is 17.6 Å². The molecule has 0 aromatic heterocycles. The number of halogens is 5. The van der Waals surface area contributed by atoms with Crippen LogP contribution in [0, 0.1) is 0 Å². The van der Waals surface area contributed by atoms with Crippen LogP contribution >= 0.6 is 11.6 Å². The second kappa shape index (κ2) is 3.78. The number of alkyl halides is 4. The number of hydrogen-bond donors (Lipinski definition) is 2. The minimum atomic E-state index is -4.55. The second-order valence-corrected chi connectivity index (χ2v) is 3.15. The molecule has 0 bridgehead atoms. The van der Waals surface area contributed by atoms with Gasteiger partial charge in [0, 0.05) is 12.0 Å². The monoisotopic (exact) mass is 230 g/mol. The number of nitrogens with one attached hydrogen (secondary N) is 1. The maximum Gasteiger partial charge on any atom is 0.412 e. The highest BCUT2D eigenvalue weighted by Crippen LogP contribution is 2.36. The van der Waals surface area contributed by atoms with E-state index in [1.54, 1.807) is 0 Å². The van der Waals surface area contributed by atoms with Gasteiger partial charge in [-0.1, -0.05) is 11.6 Å². The first kappa shape index (κ1) is 11.3. The van der Waals surface area contributed by atoms with Crippen molar-refractivity contribution in [3.8, 4) is 0 Å². The summed E-state index contributed by atoms with van der Waals surface area (Å²) in [7, 11) is 0. The van der Waals surface area contributed by atoms with Gasteiger partial charge in [0.05, 0.1) is 10.7 Å². The highest BCUT2D eigenvalue weighted by Gasteiger charge is 2.38. The smallest absolute Gasteiger partial charge is 0.324 e. The van der Waals surface area contributed by atoms with Crippen LogP contribution in [0.2, 0.25) is 0 Å². The van der Waals surface area contributed by atoms with Crippen molar-refractivity contribution < 1.29 is 17.6 Å². The van der Waals surface area contributed by atoms with Crippen LogP contribution in [0.4, 0.5) is 17.6 Å². The molecule has 0 aromatic carbocycles. The molecule has 1 atom stereocenters. The Kier molecular flexibility index (Phi) is 3.06. The number of hydrogen-bond acceptors (Lipinski definition) is 2. The normalized spacial score (nSPS) is 23.6. The Morgan fingerprint density at radius 2 is 2.07 bits per heavy atom. The van der Waals surface area contributed by atoms with Crippen LogP contribution in [-0.2, 0) is 0 Å². The molecule has 0 fully saturated rings. The van der Waals surface area contributed by atoms with Crippen molar-refractivity contribution in [3.05, 3.63) is 22.4 Å². The fourth-order valence-corrected chi connectivity index (χ4v) is 1.40. The molecule has 0 aromatic rings. The zero-order valence-electron chi connectivity index (χ0n) is 6.83. The van der Waals surface area contributed by atoms with E-state index in [1.807, 2.05) is 5.43 Å². The van der Waals surface area contributed by atoms with Gasteiger partial charge in [-0.3, -0.25) is 5.84 Å². The van der Waals surface area contributed by atoms with Crippen molar-refractivity contribution in [1.82, 2.24) is 5.43 Å². The lowest BCUT2D eigenvalue weighted by atomic mass is 10.0. The predicted octanol–water partition coefficient (Wildman–Crippen LogP) is 2.13. The molecule has 0 amide bonds. The van der Waals surface area contributed by atoms with Gasteiger partial charge in [-0.15, -0.1) is 0 Å². The van der Waals surface area contributed by atoms with Crippen LogP contribution in [0.25, 0.3) is 0 Å². The first-order chi connectivity index (χ1) is 6.36. The van der Waals surface area contributed by atoms with Crippen molar-refractivity contribution in [2.24, 2.45) is 5.84 Å². The summed E-state index contributed by atoms with van der Waals surface area (Å²) in [5.41, 5.74) is 0.722. The molecule has 1 aliphatic carbocycles. The minimum Gasteiger partial charge on any atom is -0.324 e. The van der Waals surface area contributed by atoms with Gasteiger partial charge in [0.1, 0.15) is 6.17 Å². The van der Waals surface area contributed by atoms with Crippen LogP contribution in [0.15, 0.2) is 22.4 Å². The minimum absolute atomic E-state index is 0.223. The molecule has 0 radical (unpaired) electrons. The molecule has 0 saturated carbocycles. The largest absolute Gasteiger partial charge is 0.412 e. The van der Waals surface area contributed by atoms with E-state index in [2.05, 4.69) is 0 Å². The van der Waals surface area contributed by atoms with E-state index in [4.69, 9.17) is 17.4 Å². The standard InChI is InChI=1S/C7H7ClF4N2/c8-4-1-3(7(10,11)12)2-5(9)6(4)14-13/h1,5,14H,2,13H2. The maximum atomic E-state index is 13.1. The molecule has 2 nitrogen and oxygen atoms in total. The molecule has 1 rings (SSSR count). The summed E-state index contributed by atoms with van der Waals surface area (Å²) < 4.78 is 49.5. The molecule has 80 valence electrons. The van der Waals surface area contributed by atoms with Crippen molar-refractivity contribution in [1.29, 1.82) is 0 Å². The fourth-order valence-electron chi connectivity index (χ4n) is 1.09. The van der Waals surface area contributed by atoms with E-state index in [0.717, 1.165) is 0 Å². The van der Waals surface area contributed by atoms with Crippen LogP contribution in [0.1, 0.15) is 6.42 Å². The molecular formula is C7H7ClF4N2. The Bertz CT molecular complexity index is 295. The van der Waals surface area contributed by atoms with Gasteiger partial charge in [0.25, 0.3) is 0 Å². The average Bonchev–Trinajstić information content (AvgIpc) is 2.01. The second-order valence-electron chi connectivity index (χ2n) is 2.74. The van der Waals surface area contributed by atoms with Gasteiger partial charge >= 0.3 is 6.18 Å². The summed E-state index contributed by atoms with van der Waals surface area (Å²) in [5.74, 6) is 4.90. The molecule has 0 spiro atoms. The van der Waals surface area contributed by atoms with E-state index in [1.165, 1.54) is 0 Å². The zero-order chi connectivity index (χ0) is 10.9. The molecule has 14 heavy (non-hydrogen) atoms. The van der Waals surface area contributed by atoms with Crippen LogP contribution < -0.4 is 11.3 Å². The lowest BCUT2D eigenvalue weighted by molar-refractivity contribution is -0.0956. The highest BCUT2D eigenvalue weighted by molar-refractivity contribution is 6.31. The first-order valence-electron chi connectivity index (χ1n) is 3.64. The van der Waals surface area contributed by atoms with Gasteiger partial charge in [-0.05, 0) is 6.08 Å². The SMILES string of the molecule is NNC1=C(Cl)C=C(C(F)(F)F)CC1F. The summed E-state index contributed by atoms with van der Waals surface area (Å²) in [6.07, 6.45) is -6.48. The third kappa shape index (κ3) is 2.19. The molecule has 0 aliphatic heterocycles. The molecule has 1 aliphatic rings. The molecule has 3 N–H and O–H groups in total. The zero-order valence-corrected chi connectivity index (χ0v) is 7.58. The van der Waals surface area contributed by atoms with Gasteiger partial charge in [-0.2, -0.15) is 13.2 Å². The Labute approximate surface area is 82.4 Å². The highest BCUT2D eigenvalue weighted by atomic mass is 35.5. The van der Waals surface area contributed by atoms with E-state index in [0.29, 0.717) is 6.08 Å². The summed E-state index contributed by atoms with van der Waals surface area (Å²) in [6.45, 7) is 0. The van der Waals surface area contributed by atoms with Gasteiger partial charge in [0.2, 0.25) is 0 Å². The number of allylic oxidation sites excluding steroid dienone is 4. The van der Waals surface area contributed by atoms with Crippen molar-refractivity contribution in [3.63, 3.8) is 0 Å². The maximum absolute atomic E-state index is 13.1. The first-order valence-corrected chi connectivity index (χ1v) is 4.02. The molecule has 0 saturated heterocycles. The van der Waals surface area contributed by atoms with E-state index in [-0.39, 0.29) is 10.7 Å². The van der Waals surface area contributed by atoms with Crippen LogP contribution in [0.3, 0.4) is 0 Å². The fraction of sp³-hybridized carbons (Fsp3) is 0.429. The Balaban J connectivity index is 3.02. The lowest BCUT2D eigenvalue weighted by Gasteiger charge is -2.21. The number of hydrazine groups is 1. The molecule has 0 heterocycles. The van der Waals surface area contributed by atoms with E-state index >= 15 is 0 Å². The average molecular weight is 231 g/mol. The Hall–Kier alpha value is -0.750. The predicted molar refractivity (Wildman–Crippen MR) is 43.9 cm³/mol. The summed E-state index contributed by atoms with van der Waals surface area (Å²) in [6, 6.07) is 0. The molecular weight excluding hydrogens is 224 g/mol. The van der Waals surface area contributed by atoms with Crippen LogP contribution in [-0.4, -0.2) is 12.3 Å². The van der Waals surface area contributed by atoms with Gasteiger partial charge < -0.3 is 5.43 Å². The van der Waals surface area contributed by atoms with Crippen molar-refractivity contribution in [2.75, 3.05) is 0 Å². The topological polar surface area (TPSA) is 38.0 Å². The third-order valence-electron chi connectivity index (χ3n) is 1.79. The lowest BCUT2D eigenvalue weighted by Crippen LogP contribution is -2.32. The van der Waals surface area contributed by atoms with Gasteiger partial charge in [0.15, 0.2) is 0 Å². The number of rotatable bonds is 1. The Morgan fingerprint density at radius 1 is 1.50 bits per heavy atom. The quantitative estimate of drug-likeness (QED) is 0.411. The van der Waals surface area contributed by atoms with Crippen molar-refractivity contribution >= 4 is 11.6 Å². The van der Waals surface area contributed by atoms with Gasteiger partial charge in [-0.25, -0.2) is 4.39 Å². The molecule has 7 heteroatoms. The van der Waals surface area contributed by atoms with Crippen molar-refractivity contribution in [2.45, 2.75) is 18.8 Å².